The van der Waals surface area contributed by atoms with Gasteiger partial charge in [0.2, 0.25) is 5.91 Å². The Hall–Kier alpha value is -2.09. The monoisotopic (exact) mass is 265 g/mol. The first kappa shape index (κ1) is 12.9. The smallest absolute Gasteiger partial charge is 0.227 e. The van der Waals surface area contributed by atoms with Crippen LogP contribution in [0, 0.1) is 6.92 Å². The first-order valence-electron chi connectivity index (χ1n) is 7.13. The Bertz CT molecular complexity index is 633. The summed E-state index contributed by atoms with van der Waals surface area (Å²) in [5, 5.41) is 0. The Balaban J connectivity index is 1.72. The number of nitrogens with zero attached hydrogens (tertiary/aromatic N) is 1. The zero-order chi connectivity index (χ0) is 13.9. The summed E-state index contributed by atoms with van der Waals surface area (Å²) in [5.41, 5.74) is 5.00. The number of aryl methyl sites for hydroxylation is 1. The average Bonchev–Trinajstić information content (AvgIpc) is 2.49. The Morgan fingerprint density at radius 2 is 1.75 bits per heavy atom. The summed E-state index contributed by atoms with van der Waals surface area (Å²) in [7, 11) is 0. The molecule has 1 amide bonds. The molecule has 0 bridgehead atoms. The number of fused-ring (bicyclic) bond motifs is 1. The molecular formula is C18H19NO. The quantitative estimate of drug-likeness (QED) is 0.817. The van der Waals surface area contributed by atoms with E-state index >= 15 is 0 Å². The van der Waals surface area contributed by atoms with Gasteiger partial charge in [-0.25, -0.2) is 0 Å². The van der Waals surface area contributed by atoms with Crippen LogP contribution in [0.1, 0.15) is 22.3 Å². The van der Waals surface area contributed by atoms with Crippen molar-refractivity contribution >= 4 is 5.91 Å². The highest BCUT2D eigenvalue weighted by Crippen LogP contribution is 2.19. The zero-order valence-electron chi connectivity index (χ0n) is 11.8. The van der Waals surface area contributed by atoms with Crippen molar-refractivity contribution in [3.8, 4) is 0 Å². The van der Waals surface area contributed by atoms with E-state index in [0.29, 0.717) is 6.42 Å². The van der Waals surface area contributed by atoms with Crippen molar-refractivity contribution in [1.82, 2.24) is 4.90 Å². The molecule has 0 spiro atoms. The Morgan fingerprint density at radius 1 is 1.05 bits per heavy atom. The number of benzene rings is 2. The predicted molar refractivity (Wildman–Crippen MR) is 80.4 cm³/mol. The zero-order valence-corrected chi connectivity index (χ0v) is 11.8. The van der Waals surface area contributed by atoms with Crippen LogP contribution in [-0.2, 0) is 24.2 Å². The van der Waals surface area contributed by atoms with E-state index in [2.05, 4.69) is 31.2 Å². The maximum Gasteiger partial charge on any atom is 0.227 e. The number of hydrogen-bond acceptors (Lipinski definition) is 1. The fourth-order valence-corrected chi connectivity index (χ4v) is 2.79. The summed E-state index contributed by atoms with van der Waals surface area (Å²) in [6.07, 6.45) is 1.48. The number of carbonyl (C=O) groups is 1. The van der Waals surface area contributed by atoms with Gasteiger partial charge in [-0.3, -0.25) is 4.79 Å². The minimum atomic E-state index is 0.230. The van der Waals surface area contributed by atoms with Crippen LogP contribution < -0.4 is 0 Å². The molecule has 1 aliphatic rings. The van der Waals surface area contributed by atoms with Crippen LogP contribution in [0.4, 0.5) is 0 Å². The number of amides is 1. The van der Waals surface area contributed by atoms with E-state index in [9.17, 15) is 4.79 Å². The summed E-state index contributed by atoms with van der Waals surface area (Å²) in [6, 6.07) is 16.5. The van der Waals surface area contributed by atoms with Crippen molar-refractivity contribution in [2.24, 2.45) is 0 Å². The maximum atomic E-state index is 12.5. The number of carbonyl (C=O) groups excluding carboxylic acids is 1. The summed E-state index contributed by atoms with van der Waals surface area (Å²) < 4.78 is 0. The Labute approximate surface area is 120 Å². The molecule has 0 radical (unpaired) electrons. The van der Waals surface area contributed by atoms with Gasteiger partial charge in [0, 0.05) is 13.1 Å². The van der Waals surface area contributed by atoms with Gasteiger partial charge >= 0.3 is 0 Å². The van der Waals surface area contributed by atoms with Gasteiger partial charge in [-0.15, -0.1) is 0 Å². The molecule has 0 aromatic heterocycles. The standard InChI is InChI=1S/C18H19NO/c1-14-6-2-3-8-16(14)12-18(20)19-11-10-15-7-4-5-9-17(15)13-19/h2-9H,10-13H2,1H3. The molecule has 0 unspecified atom stereocenters. The SMILES string of the molecule is Cc1ccccc1CC(=O)N1CCc2ccccc2C1. The lowest BCUT2D eigenvalue weighted by Gasteiger charge is -2.29. The van der Waals surface area contributed by atoms with Gasteiger partial charge in [0.25, 0.3) is 0 Å². The summed E-state index contributed by atoms with van der Waals surface area (Å²) in [5.74, 6) is 0.230. The maximum absolute atomic E-state index is 12.5. The van der Waals surface area contributed by atoms with Crippen LogP contribution in [0.15, 0.2) is 48.5 Å². The molecule has 2 heteroatoms. The highest BCUT2D eigenvalue weighted by atomic mass is 16.2. The van der Waals surface area contributed by atoms with Crippen LogP contribution >= 0.6 is 0 Å². The van der Waals surface area contributed by atoms with Gasteiger partial charge in [0.05, 0.1) is 6.42 Å². The molecule has 0 fully saturated rings. The minimum absolute atomic E-state index is 0.230. The van der Waals surface area contributed by atoms with Gasteiger partial charge in [0.15, 0.2) is 0 Å². The second-order valence-electron chi connectivity index (χ2n) is 5.44. The van der Waals surface area contributed by atoms with Crippen LogP contribution in [0.25, 0.3) is 0 Å². The van der Waals surface area contributed by atoms with E-state index in [4.69, 9.17) is 0 Å². The summed E-state index contributed by atoms with van der Waals surface area (Å²) in [6.45, 7) is 3.65. The number of hydrogen-bond donors (Lipinski definition) is 0. The molecule has 1 heterocycles. The van der Waals surface area contributed by atoms with E-state index in [1.807, 2.05) is 29.2 Å². The fourth-order valence-electron chi connectivity index (χ4n) is 2.79. The minimum Gasteiger partial charge on any atom is -0.338 e. The molecule has 0 aliphatic carbocycles. The van der Waals surface area contributed by atoms with E-state index in [1.54, 1.807) is 0 Å². The van der Waals surface area contributed by atoms with Gasteiger partial charge in [-0.1, -0.05) is 48.5 Å². The summed E-state index contributed by atoms with van der Waals surface area (Å²) >= 11 is 0. The molecule has 3 rings (SSSR count). The van der Waals surface area contributed by atoms with Crippen LogP contribution in [0.5, 0.6) is 0 Å². The molecule has 0 saturated heterocycles. The van der Waals surface area contributed by atoms with Crippen molar-refractivity contribution in [2.75, 3.05) is 6.54 Å². The third-order valence-electron chi connectivity index (χ3n) is 4.09. The van der Waals surface area contributed by atoms with Crippen molar-refractivity contribution < 1.29 is 4.79 Å². The molecule has 20 heavy (non-hydrogen) atoms. The Kier molecular flexibility index (Phi) is 3.55. The molecule has 2 aromatic carbocycles. The first-order chi connectivity index (χ1) is 9.74. The van der Waals surface area contributed by atoms with E-state index in [-0.39, 0.29) is 5.91 Å². The highest BCUT2D eigenvalue weighted by molar-refractivity contribution is 5.79. The molecule has 0 saturated carbocycles. The topological polar surface area (TPSA) is 20.3 Å². The molecule has 2 aromatic rings. The van der Waals surface area contributed by atoms with Crippen molar-refractivity contribution in [2.45, 2.75) is 26.3 Å². The van der Waals surface area contributed by atoms with Crippen LogP contribution in [0.3, 0.4) is 0 Å². The van der Waals surface area contributed by atoms with E-state index in [0.717, 1.165) is 25.1 Å². The largest absolute Gasteiger partial charge is 0.338 e. The summed E-state index contributed by atoms with van der Waals surface area (Å²) in [4.78, 5) is 14.4. The average molecular weight is 265 g/mol. The predicted octanol–water partition coefficient (Wildman–Crippen LogP) is 3.12. The third-order valence-corrected chi connectivity index (χ3v) is 4.09. The fraction of sp³-hybridized carbons (Fsp3) is 0.278. The van der Waals surface area contributed by atoms with Gasteiger partial charge in [0.1, 0.15) is 0 Å². The van der Waals surface area contributed by atoms with Gasteiger partial charge < -0.3 is 4.90 Å². The molecule has 0 N–H and O–H groups in total. The highest BCUT2D eigenvalue weighted by Gasteiger charge is 2.20. The molecular weight excluding hydrogens is 246 g/mol. The number of rotatable bonds is 2. The van der Waals surface area contributed by atoms with Crippen molar-refractivity contribution in [3.05, 3.63) is 70.8 Å². The second-order valence-corrected chi connectivity index (χ2v) is 5.44. The third kappa shape index (κ3) is 2.60. The molecule has 0 atom stereocenters. The lowest BCUT2D eigenvalue weighted by molar-refractivity contribution is -0.131. The Morgan fingerprint density at radius 3 is 2.55 bits per heavy atom. The van der Waals surface area contributed by atoms with Gasteiger partial charge in [-0.2, -0.15) is 0 Å². The lowest BCUT2D eigenvalue weighted by Crippen LogP contribution is -2.36. The van der Waals surface area contributed by atoms with Crippen LogP contribution in [0.2, 0.25) is 0 Å². The second kappa shape index (κ2) is 5.49. The van der Waals surface area contributed by atoms with E-state index in [1.165, 1.54) is 16.7 Å². The lowest BCUT2D eigenvalue weighted by atomic mass is 9.99. The van der Waals surface area contributed by atoms with Crippen LogP contribution in [-0.4, -0.2) is 17.4 Å². The molecule has 102 valence electrons. The molecule has 2 nitrogen and oxygen atoms in total. The van der Waals surface area contributed by atoms with Gasteiger partial charge in [-0.05, 0) is 35.6 Å². The van der Waals surface area contributed by atoms with E-state index < -0.39 is 0 Å². The normalized spacial score (nSPS) is 13.9. The van der Waals surface area contributed by atoms with Crippen molar-refractivity contribution in [1.29, 1.82) is 0 Å². The molecule has 1 aliphatic heterocycles. The first-order valence-corrected chi connectivity index (χ1v) is 7.13. The van der Waals surface area contributed by atoms with Crippen molar-refractivity contribution in [3.63, 3.8) is 0 Å².